The Balaban J connectivity index is 1.21. The van der Waals surface area contributed by atoms with Gasteiger partial charge in [-0.3, -0.25) is 9.80 Å². The molecular formula is C20H30N2S2. The van der Waals surface area contributed by atoms with Gasteiger partial charge in [-0.25, -0.2) is 0 Å². The maximum atomic E-state index is 2.72. The molecular weight excluding hydrogens is 332 g/mol. The highest BCUT2D eigenvalue weighted by Crippen LogP contribution is 2.55. The van der Waals surface area contributed by atoms with Crippen LogP contribution in [-0.4, -0.2) is 57.6 Å². The van der Waals surface area contributed by atoms with Gasteiger partial charge in [0.1, 0.15) is 0 Å². The van der Waals surface area contributed by atoms with Crippen LogP contribution in [-0.2, 0) is 6.54 Å². The predicted molar refractivity (Wildman–Crippen MR) is 108 cm³/mol. The molecule has 3 aliphatic rings. The van der Waals surface area contributed by atoms with Gasteiger partial charge in [0.2, 0.25) is 0 Å². The highest BCUT2D eigenvalue weighted by atomic mass is 32.2. The van der Waals surface area contributed by atoms with E-state index in [2.05, 4.69) is 63.7 Å². The molecule has 2 saturated heterocycles. The van der Waals surface area contributed by atoms with E-state index in [4.69, 9.17) is 0 Å². The number of hydrogen-bond donors (Lipinski definition) is 0. The molecule has 1 unspecified atom stereocenters. The summed E-state index contributed by atoms with van der Waals surface area (Å²) in [6.45, 7) is 7.39. The molecule has 1 aromatic carbocycles. The molecule has 24 heavy (non-hydrogen) atoms. The maximum absolute atomic E-state index is 2.72. The van der Waals surface area contributed by atoms with Gasteiger partial charge in [-0.05, 0) is 18.4 Å². The van der Waals surface area contributed by atoms with Crippen LogP contribution < -0.4 is 0 Å². The lowest BCUT2D eigenvalue weighted by molar-refractivity contribution is 0.129. The molecule has 132 valence electrons. The first-order valence-electron chi connectivity index (χ1n) is 9.62. The lowest BCUT2D eigenvalue weighted by atomic mass is 10.00. The van der Waals surface area contributed by atoms with Gasteiger partial charge in [0.15, 0.2) is 0 Å². The van der Waals surface area contributed by atoms with Gasteiger partial charge in [0.25, 0.3) is 0 Å². The molecule has 1 atom stereocenters. The molecule has 1 spiro atoms. The van der Waals surface area contributed by atoms with Crippen LogP contribution in [0, 0.1) is 0 Å². The van der Waals surface area contributed by atoms with Crippen molar-refractivity contribution in [1.29, 1.82) is 0 Å². The summed E-state index contributed by atoms with van der Waals surface area (Å²) in [5.41, 5.74) is 1.45. The number of rotatable bonds is 4. The zero-order valence-corrected chi connectivity index (χ0v) is 16.3. The SMILES string of the molecule is c1ccc(CN2CCN(CC3CSC4(CCCCC4)S3)CC2)cc1. The minimum atomic E-state index is 0.609. The molecule has 2 aliphatic heterocycles. The second-order valence-electron chi connectivity index (χ2n) is 7.58. The zero-order chi connectivity index (χ0) is 16.2. The number of nitrogens with zero attached hydrogens (tertiary/aromatic N) is 2. The molecule has 1 aliphatic carbocycles. The Kier molecular flexibility index (Phi) is 5.77. The molecule has 2 nitrogen and oxygen atoms in total. The third kappa shape index (κ3) is 4.32. The standard InChI is InChI=1S/C20H30N2S2/c1-3-7-18(8-4-1)15-21-11-13-22(14-12-21)16-19-17-23-20(24-19)9-5-2-6-10-20/h1,3-4,7-8,19H,2,5-6,9-17H2. The van der Waals surface area contributed by atoms with Gasteiger partial charge >= 0.3 is 0 Å². The Morgan fingerprint density at radius 2 is 1.62 bits per heavy atom. The van der Waals surface area contributed by atoms with Gasteiger partial charge in [-0.1, -0.05) is 49.6 Å². The van der Waals surface area contributed by atoms with E-state index >= 15 is 0 Å². The summed E-state index contributed by atoms with van der Waals surface area (Å²) >= 11 is 4.63. The van der Waals surface area contributed by atoms with Crippen LogP contribution in [0.25, 0.3) is 0 Å². The average molecular weight is 363 g/mol. The first-order valence-corrected chi connectivity index (χ1v) is 11.5. The van der Waals surface area contributed by atoms with Gasteiger partial charge in [-0.15, -0.1) is 23.5 Å². The van der Waals surface area contributed by atoms with E-state index in [1.165, 1.54) is 76.1 Å². The highest BCUT2D eigenvalue weighted by Gasteiger charge is 2.41. The second-order valence-corrected chi connectivity index (χ2v) is 10.9. The van der Waals surface area contributed by atoms with Crippen LogP contribution in [0.2, 0.25) is 0 Å². The third-order valence-corrected chi connectivity index (χ3v) is 9.55. The molecule has 4 rings (SSSR count). The highest BCUT2D eigenvalue weighted by molar-refractivity contribution is 8.21. The van der Waals surface area contributed by atoms with E-state index in [-0.39, 0.29) is 0 Å². The van der Waals surface area contributed by atoms with Crippen LogP contribution in [0.1, 0.15) is 37.7 Å². The Morgan fingerprint density at radius 3 is 2.38 bits per heavy atom. The van der Waals surface area contributed by atoms with E-state index < -0.39 is 0 Å². The summed E-state index contributed by atoms with van der Waals surface area (Å²) in [7, 11) is 0. The van der Waals surface area contributed by atoms with Crippen LogP contribution in [0.5, 0.6) is 0 Å². The molecule has 0 radical (unpaired) electrons. The predicted octanol–water partition coefficient (Wildman–Crippen LogP) is 4.31. The average Bonchev–Trinajstić information content (AvgIpc) is 3.00. The van der Waals surface area contributed by atoms with Crippen molar-refractivity contribution < 1.29 is 0 Å². The first kappa shape index (κ1) is 17.3. The van der Waals surface area contributed by atoms with Crippen molar-refractivity contribution in [3.63, 3.8) is 0 Å². The van der Waals surface area contributed by atoms with Gasteiger partial charge in [0, 0.05) is 50.3 Å². The van der Waals surface area contributed by atoms with E-state index in [0.29, 0.717) is 4.08 Å². The number of benzene rings is 1. The lowest BCUT2D eigenvalue weighted by Gasteiger charge is -2.36. The van der Waals surface area contributed by atoms with E-state index in [0.717, 1.165) is 11.8 Å². The number of hydrogen-bond acceptors (Lipinski definition) is 4. The maximum Gasteiger partial charge on any atom is 0.0615 e. The Morgan fingerprint density at radius 1 is 0.917 bits per heavy atom. The number of thioether (sulfide) groups is 2. The van der Waals surface area contributed by atoms with Crippen molar-refractivity contribution in [3.8, 4) is 0 Å². The molecule has 0 bridgehead atoms. The van der Waals surface area contributed by atoms with Gasteiger partial charge in [0.05, 0.1) is 4.08 Å². The van der Waals surface area contributed by atoms with E-state index in [1.807, 2.05) is 0 Å². The summed E-state index contributed by atoms with van der Waals surface area (Å²) in [6, 6.07) is 10.9. The van der Waals surface area contributed by atoms with E-state index in [1.54, 1.807) is 0 Å². The Labute approximate surface area is 155 Å². The zero-order valence-electron chi connectivity index (χ0n) is 14.7. The minimum Gasteiger partial charge on any atom is -0.300 e. The van der Waals surface area contributed by atoms with Crippen molar-refractivity contribution in [2.45, 2.75) is 48.0 Å². The Bertz CT molecular complexity index is 508. The van der Waals surface area contributed by atoms with Crippen molar-refractivity contribution in [3.05, 3.63) is 35.9 Å². The fraction of sp³-hybridized carbons (Fsp3) is 0.700. The summed E-state index contributed by atoms with van der Waals surface area (Å²) in [6.07, 6.45) is 7.32. The lowest BCUT2D eigenvalue weighted by Crippen LogP contribution is -2.47. The molecule has 0 amide bonds. The van der Waals surface area contributed by atoms with Crippen LogP contribution in [0.15, 0.2) is 30.3 Å². The Hall–Kier alpha value is -0.160. The second kappa shape index (κ2) is 8.03. The number of piperazine rings is 1. The fourth-order valence-corrected chi connectivity index (χ4v) is 8.27. The minimum absolute atomic E-state index is 0.609. The van der Waals surface area contributed by atoms with Crippen molar-refractivity contribution in [1.82, 2.24) is 9.80 Å². The third-order valence-electron chi connectivity index (χ3n) is 5.70. The van der Waals surface area contributed by atoms with Gasteiger partial charge < -0.3 is 0 Å². The molecule has 3 fully saturated rings. The molecule has 2 heterocycles. The van der Waals surface area contributed by atoms with Crippen molar-refractivity contribution in [2.75, 3.05) is 38.5 Å². The molecule has 0 N–H and O–H groups in total. The smallest absolute Gasteiger partial charge is 0.0615 e. The van der Waals surface area contributed by atoms with E-state index in [9.17, 15) is 0 Å². The van der Waals surface area contributed by atoms with Crippen molar-refractivity contribution >= 4 is 23.5 Å². The molecule has 1 aromatic rings. The monoisotopic (exact) mass is 362 g/mol. The van der Waals surface area contributed by atoms with Crippen LogP contribution >= 0.6 is 23.5 Å². The summed E-state index contributed by atoms with van der Waals surface area (Å²) in [4.78, 5) is 5.34. The molecule has 4 heteroatoms. The van der Waals surface area contributed by atoms with Crippen LogP contribution in [0.4, 0.5) is 0 Å². The summed E-state index contributed by atoms with van der Waals surface area (Å²) < 4.78 is 0.609. The molecule has 1 saturated carbocycles. The molecule has 0 aromatic heterocycles. The van der Waals surface area contributed by atoms with Crippen molar-refractivity contribution in [2.24, 2.45) is 0 Å². The summed E-state index contributed by atoms with van der Waals surface area (Å²) in [5.74, 6) is 1.38. The topological polar surface area (TPSA) is 6.48 Å². The summed E-state index contributed by atoms with van der Waals surface area (Å²) in [5, 5.41) is 0.869. The normalized spacial score (nSPS) is 28.4. The quantitative estimate of drug-likeness (QED) is 0.787. The largest absolute Gasteiger partial charge is 0.300 e. The fourth-order valence-electron chi connectivity index (χ4n) is 4.32. The van der Waals surface area contributed by atoms with Crippen LogP contribution in [0.3, 0.4) is 0 Å². The van der Waals surface area contributed by atoms with Gasteiger partial charge in [-0.2, -0.15) is 0 Å². The first-order chi connectivity index (χ1) is 11.8.